The van der Waals surface area contributed by atoms with E-state index in [1.54, 1.807) is 0 Å². The maximum atomic E-state index is 13.1. The Hall–Kier alpha value is -0.910. The van der Waals surface area contributed by atoms with Gasteiger partial charge in [0, 0.05) is 17.1 Å². The van der Waals surface area contributed by atoms with Gasteiger partial charge >= 0.3 is 0 Å². The summed E-state index contributed by atoms with van der Waals surface area (Å²) in [5.41, 5.74) is 1.53. The third-order valence-electron chi connectivity index (χ3n) is 4.86. The lowest BCUT2D eigenvalue weighted by atomic mass is 9.80. The highest BCUT2D eigenvalue weighted by Crippen LogP contribution is 2.31. The molecule has 1 aromatic rings. The van der Waals surface area contributed by atoms with Gasteiger partial charge in [-0.25, -0.2) is 13.1 Å². The van der Waals surface area contributed by atoms with Crippen LogP contribution < -0.4 is 10.0 Å². The average molecular weight is 367 g/mol. The molecule has 5 heteroatoms. The summed E-state index contributed by atoms with van der Waals surface area (Å²) in [4.78, 5) is 0.397. The molecular weight excluding hydrogens is 332 g/mol. The first-order valence-corrected chi connectivity index (χ1v) is 10.5. The Kier molecular flexibility index (Phi) is 5.19. The Morgan fingerprint density at radius 3 is 2.08 bits per heavy atom. The largest absolute Gasteiger partial charge is 0.307 e. The van der Waals surface area contributed by atoms with Crippen molar-refractivity contribution in [1.82, 2.24) is 10.0 Å². The van der Waals surface area contributed by atoms with Crippen LogP contribution in [0.2, 0.25) is 0 Å². The highest BCUT2D eigenvalue weighted by Gasteiger charge is 2.39. The number of piperidine rings is 1. The fourth-order valence-electron chi connectivity index (χ4n) is 4.04. The molecule has 0 spiro atoms. The zero-order valence-electron chi connectivity index (χ0n) is 16.9. The predicted octanol–water partition coefficient (Wildman–Crippen LogP) is 3.88. The molecule has 25 heavy (non-hydrogen) atoms. The molecule has 0 radical (unpaired) electrons. The van der Waals surface area contributed by atoms with E-state index in [-0.39, 0.29) is 22.5 Å². The van der Waals surface area contributed by atoms with E-state index in [0.717, 1.165) is 24.0 Å². The number of rotatable bonds is 3. The summed E-state index contributed by atoms with van der Waals surface area (Å²) in [6.45, 7) is 16.7. The van der Waals surface area contributed by atoms with Crippen LogP contribution in [0.5, 0.6) is 0 Å². The first-order valence-electron chi connectivity index (χ1n) is 9.04. The Morgan fingerprint density at radius 2 is 1.60 bits per heavy atom. The van der Waals surface area contributed by atoms with Gasteiger partial charge < -0.3 is 5.32 Å². The van der Waals surface area contributed by atoms with E-state index in [0.29, 0.717) is 4.90 Å². The molecule has 0 bridgehead atoms. The minimum Gasteiger partial charge on any atom is -0.307 e. The molecule has 0 aliphatic carbocycles. The van der Waals surface area contributed by atoms with Crippen LogP contribution in [-0.4, -0.2) is 25.5 Å². The van der Waals surface area contributed by atoms with Crippen molar-refractivity contribution in [3.05, 3.63) is 29.3 Å². The molecule has 0 saturated carbocycles. The number of aryl methyl sites for hydroxylation is 1. The molecule has 1 heterocycles. The average Bonchev–Trinajstić information content (AvgIpc) is 2.32. The SMILES string of the molecule is Cc1ccc(C(C)(C)C)cc1S(=O)(=O)NC1CC(C)(C)NC(C)(C)C1. The van der Waals surface area contributed by atoms with Crippen LogP contribution in [0.25, 0.3) is 0 Å². The van der Waals surface area contributed by atoms with Gasteiger partial charge in [0.15, 0.2) is 0 Å². The standard InChI is InChI=1S/C20H34N2O2S/c1-14-9-10-15(18(2,3)4)11-17(14)25(23,24)21-16-12-19(5,6)22-20(7,8)13-16/h9-11,16,21-22H,12-13H2,1-8H3. The molecule has 1 aromatic carbocycles. The fraction of sp³-hybridized carbons (Fsp3) is 0.700. The smallest absolute Gasteiger partial charge is 0.241 e. The van der Waals surface area contributed by atoms with Gasteiger partial charge in [-0.15, -0.1) is 0 Å². The van der Waals surface area contributed by atoms with Crippen molar-refractivity contribution in [2.45, 2.75) is 95.7 Å². The molecule has 2 N–H and O–H groups in total. The molecule has 142 valence electrons. The van der Waals surface area contributed by atoms with E-state index >= 15 is 0 Å². The fourth-order valence-corrected chi connectivity index (χ4v) is 5.55. The van der Waals surface area contributed by atoms with Crippen LogP contribution in [0, 0.1) is 6.92 Å². The molecular formula is C20H34N2O2S. The van der Waals surface area contributed by atoms with E-state index in [1.165, 1.54) is 0 Å². The van der Waals surface area contributed by atoms with Gasteiger partial charge in [0.25, 0.3) is 0 Å². The van der Waals surface area contributed by atoms with Gasteiger partial charge in [0.05, 0.1) is 4.90 Å². The summed E-state index contributed by atoms with van der Waals surface area (Å²) in [5, 5.41) is 3.59. The molecule has 1 aliphatic rings. The lowest BCUT2D eigenvalue weighted by Crippen LogP contribution is -2.62. The van der Waals surface area contributed by atoms with E-state index < -0.39 is 10.0 Å². The molecule has 0 amide bonds. The second kappa shape index (κ2) is 6.36. The van der Waals surface area contributed by atoms with Crippen molar-refractivity contribution in [2.75, 3.05) is 0 Å². The summed E-state index contributed by atoms with van der Waals surface area (Å²) in [7, 11) is -3.55. The molecule has 0 aromatic heterocycles. The Morgan fingerprint density at radius 1 is 1.08 bits per heavy atom. The Balaban J connectivity index is 2.34. The molecule has 1 saturated heterocycles. The monoisotopic (exact) mass is 366 g/mol. The van der Waals surface area contributed by atoms with Gasteiger partial charge in [0.1, 0.15) is 0 Å². The van der Waals surface area contributed by atoms with Crippen LogP contribution in [0.15, 0.2) is 23.1 Å². The summed E-state index contributed by atoms with van der Waals surface area (Å²) < 4.78 is 29.2. The zero-order valence-corrected chi connectivity index (χ0v) is 17.8. The molecule has 4 nitrogen and oxygen atoms in total. The summed E-state index contributed by atoms with van der Waals surface area (Å²) in [5.74, 6) is 0. The zero-order chi connectivity index (χ0) is 19.3. The van der Waals surface area contributed by atoms with E-state index in [9.17, 15) is 8.42 Å². The highest BCUT2D eigenvalue weighted by atomic mass is 32.2. The lowest BCUT2D eigenvalue weighted by molar-refractivity contribution is 0.157. The second-order valence-electron chi connectivity index (χ2n) is 9.85. The maximum absolute atomic E-state index is 13.1. The van der Waals surface area contributed by atoms with E-state index in [1.807, 2.05) is 25.1 Å². The Bertz CT molecular complexity index is 727. The van der Waals surface area contributed by atoms with Crippen molar-refractivity contribution in [3.63, 3.8) is 0 Å². The third-order valence-corrected chi connectivity index (χ3v) is 6.52. The minimum atomic E-state index is -3.55. The number of sulfonamides is 1. The van der Waals surface area contributed by atoms with Crippen molar-refractivity contribution in [3.8, 4) is 0 Å². The first-order chi connectivity index (χ1) is 11.1. The summed E-state index contributed by atoms with van der Waals surface area (Å²) in [6, 6.07) is 5.68. The topological polar surface area (TPSA) is 58.2 Å². The summed E-state index contributed by atoms with van der Waals surface area (Å²) in [6.07, 6.45) is 1.54. The molecule has 1 fully saturated rings. The van der Waals surface area contributed by atoms with Gasteiger partial charge in [-0.1, -0.05) is 32.9 Å². The number of nitrogens with one attached hydrogen (secondary N) is 2. The van der Waals surface area contributed by atoms with Gasteiger partial charge in [-0.2, -0.15) is 0 Å². The number of hydrogen-bond donors (Lipinski definition) is 2. The predicted molar refractivity (Wildman–Crippen MR) is 105 cm³/mol. The van der Waals surface area contributed by atoms with Gasteiger partial charge in [-0.05, 0) is 70.1 Å². The molecule has 0 unspecified atom stereocenters. The Labute approximate surface area is 153 Å². The molecule has 0 atom stereocenters. The number of benzene rings is 1. The van der Waals surface area contributed by atoms with Crippen molar-refractivity contribution < 1.29 is 8.42 Å². The maximum Gasteiger partial charge on any atom is 0.241 e. The second-order valence-corrected chi connectivity index (χ2v) is 11.5. The van der Waals surface area contributed by atoms with Crippen molar-refractivity contribution in [1.29, 1.82) is 0 Å². The van der Waals surface area contributed by atoms with Crippen LogP contribution in [-0.2, 0) is 15.4 Å². The normalized spacial score (nSPS) is 21.3. The van der Waals surface area contributed by atoms with E-state index in [4.69, 9.17) is 0 Å². The van der Waals surface area contributed by atoms with Gasteiger partial charge in [-0.3, -0.25) is 0 Å². The number of hydrogen-bond acceptors (Lipinski definition) is 3. The molecule has 2 rings (SSSR count). The third kappa shape index (κ3) is 5.05. The lowest BCUT2D eigenvalue weighted by Gasteiger charge is -2.46. The van der Waals surface area contributed by atoms with Crippen molar-refractivity contribution in [2.24, 2.45) is 0 Å². The van der Waals surface area contributed by atoms with Crippen LogP contribution >= 0.6 is 0 Å². The first kappa shape index (κ1) is 20.4. The van der Waals surface area contributed by atoms with Crippen LogP contribution in [0.3, 0.4) is 0 Å². The van der Waals surface area contributed by atoms with Crippen LogP contribution in [0.1, 0.15) is 72.4 Å². The van der Waals surface area contributed by atoms with Gasteiger partial charge in [0.2, 0.25) is 10.0 Å². The quantitative estimate of drug-likeness (QED) is 0.853. The molecule has 1 aliphatic heterocycles. The summed E-state index contributed by atoms with van der Waals surface area (Å²) >= 11 is 0. The van der Waals surface area contributed by atoms with Crippen molar-refractivity contribution >= 4 is 10.0 Å². The van der Waals surface area contributed by atoms with E-state index in [2.05, 4.69) is 58.5 Å². The highest BCUT2D eigenvalue weighted by molar-refractivity contribution is 7.89. The van der Waals surface area contributed by atoms with Crippen LogP contribution in [0.4, 0.5) is 0 Å². The minimum absolute atomic E-state index is 0.0751.